The van der Waals surface area contributed by atoms with Crippen LogP contribution in [0.4, 0.5) is 5.69 Å². The Morgan fingerprint density at radius 2 is 2.06 bits per heavy atom. The molecule has 5 heteroatoms. The third-order valence-corrected chi connectivity index (χ3v) is 2.78. The van der Waals surface area contributed by atoms with Crippen molar-refractivity contribution in [3.8, 4) is 11.5 Å². The van der Waals surface area contributed by atoms with Crippen LogP contribution in [0.15, 0.2) is 18.2 Å². The van der Waals surface area contributed by atoms with Crippen LogP contribution in [-0.2, 0) is 4.74 Å². The summed E-state index contributed by atoms with van der Waals surface area (Å²) in [5.41, 5.74) is 0.902. The fraction of sp³-hybridized carbons (Fsp3) is 0.455. The Morgan fingerprint density at radius 1 is 1.19 bits per heavy atom. The average molecular weight is 223 g/mol. The number of nitrogens with one attached hydrogen (secondary N) is 1. The Morgan fingerprint density at radius 3 is 2.88 bits per heavy atom. The molecule has 1 aromatic rings. The van der Waals surface area contributed by atoms with Crippen molar-refractivity contribution in [2.24, 2.45) is 0 Å². The first-order chi connectivity index (χ1) is 7.83. The molecule has 16 heavy (non-hydrogen) atoms. The second kappa shape index (κ2) is 3.84. The van der Waals surface area contributed by atoms with E-state index < -0.39 is 6.10 Å². The van der Waals surface area contributed by atoms with Crippen molar-refractivity contribution in [3.63, 3.8) is 0 Å². The lowest BCUT2D eigenvalue weighted by molar-refractivity contribution is 0.125. The number of ether oxygens (including phenoxy) is 3. The van der Waals surface area contributed by atoms with E-state index in [-0.39, 0.29) is 12.8 Å². The van der Waals surface area contributed by atoms with Crippen molar-refractivity contribution in [1.29, 1.82) is 0 Å². The Balaban J connectivity index is 1.75. The zero-order chi connectivity index (χ0) is 11.0. The molecule has 0 bridgehead atoms. The highest BCUT2D eigenvalue weighted by Gasteiger charge is 2.26. The molecule has 2 heterocycles. The molecule has 0 saturated carbocycles. The van der Waals surface area contributed by atoms with E-state index in [1.807, 2.05) is 18.2 Å². The monoisotopic (exact) mass is 223 g/mol. The maximum atomic E-state index is 9.60. The van der Waals surface area contributed by atoms with Gasteiger partial charge in [-0.05, 0) is 12.1 Å². The Bertz CT molecular complexity index is 396. The Labute approximate surface area is 92.9 Å². The lowest BCUT2D eigenvalue weighted by Gasteiger charge is -2.16. The van der Waals surface area contributed by atoms with Crippen molar-refractivity contribution >= 4 is 5.69 Å². The summed E-state index contributed by atoms with van der Waals surface area (Å²) in [5.74, 6) is 1.49. The van der Waals surface area contributed by atoms with Crippen LogP contribution in [0.1, 0.15) is 0 Å². The molecule has 1 saturated heterocycles. The van der Waals surface area contributed by atoms with Gasteiger partial charge in [0, 0.05) is 11.8 Å². The fourth-order valence-corrected chi connectivity index (χ4v) is 1.88. The summed E-state index contributed by atoms with van der Waals surface area (Å²) in [5, 5.41) is 12.8. The molecule has 2 atom stereocenters. The van der Waals surface area contributed by atoms with Gasteiger partial charge in [-0.25, -0.2) is 0 Å². The minimum atomic E-state index is -0.453. The van der Waals surface area contributed by atoms with Crippen LogP contribution < -0.4 is 14.8 Å². The summed E-state index contributed by atoms with van der Waals surface area (Å²) in [6.07, 6.45) is -0.453. The van der Waals surface area contributed by atoms with Gasteiger partial charge >= 0.3 is 0 Å². The number of aliphatic hydroxyl groups excluding tert-OH is 1. The summed E-state index contributed by atoms with van der Waals surface area (Å²) in [6.45, 7) is 1.19. The highest BCUT2D eigenvalue weighted by molar-refractivity contribution is 5.56. The van der Waals surface area contributed by atoms with E-state index in [2.05, 4.69) is 5.32 Å². The van der Waals surface area contributed by atoms with Gasteiger partial charge in [-0.3, -0.25) is 0 Å². The third kappa shape index (κ3) is 1.68. The minimum absolute atomic E-state index is 0.0552. The van der Waals surface area contributed by atoms with Gasteiger partial charge in [0.15, 0.2) is 11.5 Å². The molecule has 2 unspecified atom stereocenters. The number of hydrogen-bond acceptors (Lipinski definition) is 5. The topological polar surface area (TPSA) is 60.0 Å². The lowest BCUT2D eigenvalue weighted by atomic mass is 10.2. The highest BCUT2D eigenvalue weighted by atomic mass is 16.7. The van der Waals surface area contributed by atoms with Crippen molar-refractivity contribution in [1.82, 2.24) is 0 Å². The smallest absolute Gasteiger partial charge is 0.231 e. The Kier molecular flexibility index (Phi) is 2.34. The van der Waals surface area contributed by atoms with E-state index >= 15 is 0 Å². The minimum Gasteiger partial charge on any atom is -0.454 e. The van der Waals surface area contributed by atoms with Gasteiger partial charge in [0.05, 0.1) is 25.4 Å². The lowest BCUT2D eigenvalue weighted by Crippen LogP contribution is -2.31. The van der Waals surface area contributed by atoms with Gasteiger partial charge in [0.25, 0.3) is 0 Å². The van der Waals surface area contributed by atoms with Gasteiger partial charge in [0.2, 0.25) is 6.79 Å². The maximum absolute atomic E-state index is 9.60. The fourth-order valence-electron chi connectivity index (χ4n) is 1.88. The summed E-state index contributed by atoms with van der Waals surface area (Å²) >= 11 is 0. The third-order valence-electron chi connectivity index (χ3n) is 2.78. The van der Waals surface area contributed by atoms with Crippen molar-refractivity contribution in [2.45, 2.75) is 12.1 Å². The van der Waals surface area contributed by atoms with Gasteiger partial charge < -0.3 is 24.6 Å². The van der Waals surface area contributed by atoms with Crippen LogP contribution in [0.5, 0.6) is 11.5 Å². The Hall–Kier alpha value is -1.46. The molecule has 1 fully saturated rings. The van der Waals surface area contributed by atoms with E-state index in [4.69, 9.17) is 14.2 Å². The zero-order valence-electron chi connectivity index (χ0n) is 8.68. The molecule has 0 spiro atoms. The van der Waals surface area contributed by atoms with Crippen molar-refractivity contribution in [2.75, 3.05) is 25.3 Å². The van der Waals surface area contributed by atoms with E-state index in [9.17, 15) is 5.11 Å². The number of aliphatic hydroxyl groups is 1. The maximum Gasteiger partial charge on any atom is 0.231 e. The average Bonchev–Trinajstić information content (AvgIpc) is 2.88. The van der Waals surface area contributed by atoms with E-state index in [1.165, 1.54) is 0 Å². The predicted molar refractivity (Wildman–Crippen MR) is 56.8 cm³/mol. The van der Waals surface area contributed by atoms with Crippen molar-refractivity contribution in [3.05, 3.63) is 18.2 Å². The summed E-state index contributed by atoms with van der Waals surface area (Å²) in [7, 11) is 0. The molecule has 0 radical (unpaired) electrons. The van der Waals surface area contributed by atoms with Crippen LogP contribution in [0.25, 0.3) is 0 Å². The van der Waals surface area contributed by atoms with E-state index in [0.29, 0.717) is 13.2 Å². The summed E-state index contributed by atoms with van der Waals surface area (Å²) in [6, 6.07) is 5.57. The van der Waals surface area contributed by atoms with Gasteiger partial charge in [-0.1, -0.05) is 0 Å². The van der Waals surface area contributed by atoms with Crippen LogP contribution in [0.2, 0.25) is 0 Å². The van der Waals surface area contributed by atoms with Gasteiger partial charge in [0.1, 0.15) is 0 Å². The molecule has 0 amide bonds. The summed E-state index contributed by atoms with van der Waals surface area (Å²) in [4.78, 5) is 0. The standard InChI is InChI=1S/C11H13NO4/c13-9-5-14-4-8(9)12-7-1-2-10-11(3-7)16-6-15-10/h1-3,8-9,12-13H,4-6H2. The molecule has 2 aliphatic heterocycles. The number of fused-ring (bicyclic) bond motifs is 1. The molecule has 5 nitrogen and oxygen atoms in total. The highest BCUT2D eigenvalue weighted by Crippen LogP contribution is 2.34. The quantitative estimate of drug-likeness (QED) is 0.768. The molecule has 3 rings (SSSR count). The summed E-state index contributed by atoms with van der Waals surface area (Å²) < 4.78 is 15.7. The number of rotatable bonds is 2. The second-order valence-corrected chi connectivity index (χ2v) is 3.92. The van der Waals surface area contributed by atoms with Gasteiger partial charge in [-0.2, -0.15) is 0 Å². The molecular weight excluding hydrogens is 210 g/mol. The number of anilines is 1. The number of hydrogen-bond donors (Lipinski definition) is 2. The van der Waals surface area contributed by atoms with Crippen LogP contribution in [-0.4, -0.2) is 37.3 Å². The van der Waals surface area contributed by atoms with E-state index in [0.717, 1.165) is 17.2 Å². The van der Waals surface area contributed by atoms with Crippen LogP contribution in [0.3, 0.4) is 0 Å². The largest absolute Gasteiger partial charge is 0.454 e. The molecule has 2 aliphatic rings. The first-order valence-electron chi connectivity index (χ1n) is 5.25. The van der Waals surface area contributed by atoms with E-state index in [1.54, 1.807) is 0 Å². The molecule has 0 aromatic heterocycles. The molecule has 0 aliphatic carbocycles. The van der Waals surface area contributed by atoms with Crippen LogP contribution in [0, 0.1) is 0 Å². The number of benzene rings is 1. The SMILES string of the molecule is OC1COCC1Nc1ccc2c(c1)OCO2. The molecule has 86 valence electrons. The predicted octanol–water partition coefficient (Wildman–Crippen LogP) is 0.587. The first kappa shape index (κ1) is 9.74. The first-order valence-corrected chi connectivity index (χ1v) is 5.25. The van der Waals surface area contributed by atoms with Gasteiger partial charge in [-0.15, -0.1) is 0 Å². The normalized spacial score (nSPS) is 27.1. The van der Waals surface area contributed by atoms with Crippen LogP contribution >= 0.6 is 0 Å². The van der Waals surface area contributed by atoms with Crippen molar-refractivity contribution < 1.29 is 19.3 Å². The second-order valence-electron chi connectivity index (χ2n) is 3.92. The molecular formula is C11H13NO4. The molecule has 1 aromatic carbocycles. The molecule has 2 N–H and O–H groups in total. The zero-order valence-corrected chi connectivity index (χ0v) is 8.68.